The predicted octanol–water partition coefficient (Wildman–Crippen LogP) is 5.87. The van der Waals surface area contributed by atoms with Crippen molar-refractivity contribution in [2.24, 2.45) is 0 Å². The first-order valence-electron chi connectivity index (χ1n) is 10.8. The zero-order valence-corrected chi connectivity index (χ0v) is 20.5. The van der Waals surface area contributed by atoms with Gasteiger partial charge in [-0.3, -0.25) is 9.59 Å². The van der Waals surface area contributed by atoms with Crippen LogP contribution in [0.3, 0.4) is 0 Å². The summed E-state index contributed by atoms with van der Waals surface area (Å²) in [5.74, 6) is -0.252. The summed E-state index contributed by atoms with van der Waals surface area (Å²) >= 11 is 12.4. The lowest BCUT2D eigenvalue weighted by Gasteiger charge is -2.32. The Kier molecular flexibility index (Phi) is 9.39. The van der Waals surface area contributed by atoms with Crippen molar-refractivity contribution in [1.82, 2.24) is 10.2 Å². The van der Waals surface area contributed by atoms with Crippen molar-refractivity contribution in [3.63, 3.8) is 0 Å². The van der Waals surface area contributed by atoms with Crippen molar-refractivity contribution in [1.29, 1.82) is 0 Å². The summed E-state index contributed by atoms with van der Waals surface area (Å²) < 4.78 is 0. The highest BCUT2D eigenvalue weighted by atomic mass is 35.5. The number of hydrogen-bond donors (Lipinski definition) is 1. The zero-order chi connectivity index (χ0) is 23.1. The number of nitrogens with one attached hydrogen (secondary N) is 1. The number of carbonyl (C=O) groups excluding carboxylic acids is 2. The van der Waals surface area contributed by atoms with Gasteiger partial charge in [0.05, 0.1) is 6.42 Å². The third kappa shape index (κ3) is 7.26. The van der Waals surface area contributed by atoms with Crippen molar-refractivity contribution in [3.05, 3.63) is 68.7 Å². The summed E-state index contributed by atoms with van der Waals surface area (Å²) in [6.45, 7) is 10.2. The normalized spacial score (nSPS) is 12.9. The number of amides is 2. The second-order valence-corrected chi connectivity index (χ2v) is 9.02. The molecular weight excluding hydrogens is 431 g/mol. The molecule has 1 N–H and O–H groups in total. The van der Waals surface area contributed by atoms with Crippen molar-refractivity contribution < 1.29 is 9.59 Å². The molecule has 0 aliphatic carbocycles. The smallest absolute Gasteiger partial charge is 0.243 e. The van der Waals surface area contributed by atoms with Crippen LogP contribution in [0.25, 0.3) is 0 Å². The van der Waals surface area contributed by atoms with Crippen LogP contribution < -0.4 is 5.32 Å². The van der Waals surface area contributed by atoms with Crippen molar-refractivity contribution >= 4 is 35.0 Å². The van der Waals surface area contributed by atoms with Gasteiger partial charge in [-0.1, -0.05) is 72.4 Å². The molecule has 0 heterocycles. The predicted molar refractivity (Wildman–Crippen MR) is 129 cm³/mol. The molecule has 2 amide bonds. The molecule has 31 heavy (non-hydrogen) atoms. The molecule has 168 valence electrons. The first kappa shape index (κ1) is 25.2. The minimum absolute atomic E-state index is 0.0389. The van der Waals surface area contributed by atoms with Gasteiger partial charge in [0.15, 0.2) is 0 Å². The topological polar surface area (TPSA) is 49.4 Å². The van der Waals surface area contributed by atoms with Crippen LogP contribution in [0, 0.1) is 13.8 Å². The van der Waals surface area contributed by atoms with E-state index >= 15 is 0 Å². The van der Waals surface area contributed by atoms with E-state index in [-0.39, 0.29) is 30.8 Å². The molecule has 0 bridgehead atoms. The van der Waals surface area contributed by atoms with E-state index in [1.807, 2.05) is 46.8 Å². The SMILES string of the molecule is CC[C@H](C)NC(=O)[C@H](CC)N(Cc1ccc(Cl)cc1Cl)C(=O)Cc1cc(C)cc(C)c1. The van der Waals surface area contributed by atoms with Crippen LogP contribution in [-0.2, 0) is 22.6 Å². The molecule has 0 saturated heterocycles. The van der Waals surface area contributed by atoms with Crippen molar-refractivity contribution in [2.75, 3.05) is 0 Å². The van der Waals surface area contributed by atoms with Gasteiger partial charge in [-0.25, -0.2) is 0 Å². The van der Waals surface area contributed by atoms with Gasteiger partial charge >= 0.3 is 0 Å². The fourth-order valence-corrected chi connectivity index (χ4v) is 4.11. The van der Waals surface area contributed by atoms with E-state index < -0.39 is 6.04 Å². The maximum absolute atomic E-state index is 13.5. The molecule has 0 aliphatic heterocycles. The number of carbonyl (C=O) groups is 2. The summed E-state index contributed by atoms with van der Waals surface area (Å²) in [5.41, 5.74) is 3.91. The maximum Gasteiger partial charge on any atom is 0.243 e. The number of benzene rings is 2. The van der Waals surface area contributed by atoms with E-state index in [2.05, 4.69) is 11.4 Å². The largest absolute Gasteiger partial charge is 0.352 e. The molecule has 0 aromatic heterocycles. The van der Waals surface area contributed by atoms with E-state index in [0.717, 1.165) is 28.7 Å². The lowest BCUT2D eigenvalue weighted by molar-refractivity contribution is -0.141. The summed E-state index contributed by atoms with van der Waals surface area (Å²) in [5, 5.41) is 4.03. The molecule has 0 saturated carbocycles. The monoisotopic (exact) mass is 462 g/mol. The molecule has 2 atom stereocenters. The number of rotatable bonds is 9. The Morgan fingerprint density at radius 3 is 2.19 bits per heavy atom. The minimum Gasteiger partial charge on any atom is -0.352 e. The Labute approximate surface area is 195 Å². The highest BCUT2D eigenvalue weighted by molar-refractivity contribution is 6.35. The molecule has 4 nitrogen and oxygen atoms in total. The second kappa shape index (κ2) is 11.5. The van der Waals surface area contributed by atoms with Crippen LogP contribution in [0.4, 0.5) is 0 Å². The van der Waals surface area contributed by atoms with E-state index in [4.69, 9.17) is 23.2 Å². The van der Waals surface area contributed by atoms with Crippen LogP contribution in [0.15, 0.2) is 36.4 Å². The summed E-state index contributed by atoms with van der Waals surface area (Å²) in [6, 6.07) is 10.8. The first-order chi connectivity index (χ1) is 14.6. The average molecular weight is 463 g/mol. The van der Waals surface area contributed by atoms with Crippen LogP contribution in [0.2, 0.25) is 10.0 Å². The molecular formula is C25H32Cl2N2O2. The van der Waals surface area contributed by atoms with Crippen LogP contribution in [0.5, 0.6) is 0 Å². The maximum atomic E-state index is 13.5. The molecule has 2 rings (SSSR count). The Morgan fingerprint density at radius 1 is 1.00 bits per heavy atom. The molecule has 0 radical (unpaired) electrons. The molecule has 0 aliphatic rings. The lowest BCUT2D eigenvalue weighted by Crippen LogP contribution is -2.51. The van der Waals surface area contributed by atoms with Crippen LogP contribution in [0.1, 0.15) is 55.9 Å². The van der Waals surface area contributed by atoms with E-state index in [9.17, 15) is 9.59 Å². The Balaban J connectivity index is 2.37. The molecule has 0 fully saturated rings. The zero-order valence-electron chi connectivity index (χ0n) is 19.0. The van der Waals surface area contributed by atoms with E-state index in [1.165, 1.54) is 0 Å². The van der Waals surface area contributed by atoms with Gasteiger partial charge in [0, 0.05) is 22.6 Å². The Hall–Kier alpha value is -2.04. The van der Waals surface area contributed by atoms with E-state index in [0.29, 0.717) is 16.5 Å². The first-order valence-corrected chi connectivity index (χ1v) is 11.5. The summed E-state index contributed by atoms with van der Waals surface area (Å²) in [7, 11) is 0. The second-order valence-electron chi connectivity index (χ2n) is 8.17. The number of nitrogens with zero attached hydrogens (tertiary/aromatic N) is 1. The molecule has 2 aromatic rings. The van der Waals surface area contributed by atoms with Gasteiger partial charge in [-0.15, -0.1) is 0 Å². The number of aryl methyl sites for hydroxylation is 2. The standard InChI is InChI=1S/C25H32Cl2N2O2/c1-6-18(5)28-25(31)23(7-2)29(15-20-8-9-21(26)14-22(20)27)24(30)13-19-11-16(3)10-17(4)12-19/h8-12,14,18,23H,6-7,13,15H2,1-5H3,(H,28,31)/t18-,23-/m0/s1. The van der Waals surface area contributed by atoms with Gasteiger partial charge in [0.25, 0.3) is 0 Å². The number of halogens is 2. The fourth-order valence-electron chi connectivity index (χ4n) is 3.64. The van der Waals surface area contributed by atoms with Crippen LogP contribution >= 0.6 is 23.2 Å². The van der Waals surface area contributed by atoms with Gasteiger partial charge < -0.3 is 10.2 Å². The lowest BCUT2D eigenvalue weighted by atomic mass is 10.0. The van der Waals surface area contributed by atoms with Gasteiger partial charge in [-0.05, 0) is 56.9 Å². The third-order valence-electron chi connectivity index (χ3n) is 5.38. The number of hydrogen-bond acceptors (Lipinski definition) is 2. The molecule has 6 heteroatoms. The molecule has 0 spiro atoms. The highest BCUT2D eigenvalue weighted by Crippen LogP contribution is 2.24. The fraction of sp³-hybridized carbons (Fsp3) is 0.440. The highest BCUT2D eigenvalue weighted by Gasteiger charge is 2.29. The van der Waals surface area contributed by atoms with E-state index in [1.54, 1.807) is 23.1 Å². The Bertz CT molecular complexity index is 909. The summed E-state index contributed by atoms with van der Waals surface area (Å²) in [6.07, 6.45) is 1.55. The van der Waals surface area contributed by atoms with Crippen molar-refractivity contribution in [2.45, 2.75) is 72.5 Å². The quantitative estimate of drug-likeness (QED) is 0.505. The molecule has 0 unspecified atom stereocenters. The van der Waals surface area contributed by atoms with Crippen molar-refractivity contribution in [3.8, 4) is 0 Å². The van der Waals surface area contributed by atoms with Gasteiger partial charge in [0.2, 0.25) is 11.8 Å². The summed E-state index contributed by atoms with van der Waals surface area (Å²) in [4.78, 5) is 28.1. The van der Waals surface area contributed by atoms with Gasteiger partial charge in [0.1, 0.15) is 6.04 Å². The average Bonchev–Trinajstić information content (AvgIpc) is 2.68. The van der Waals surface area contributed by atoms with Crippen LogP contribution in [-0.4, -0.2) is 28.8 Å². The Morgan fingerprint density at radius 2 is 1.65 bits per heavy atom. The molecule has 2 aromatic carbocycles. The minimum atomic E-state index is -0.584. The third-order valence-corrected chi connectivity index (χ3v) is 5.97. The van der Waals surface area contributed by atoms with Gasteiger partial charge in [-0.2, -0.15) is 0 Å².